The van der Waals surface area contributed by atoms with Gasteiger partial charge in [-0.15, -0.1) is 0 Å². The molecule has 0 saturated carbocycles. The van der Waals surface area contributed by atoms with Crippen LogP contribution in [0.4, 0.5) is 0 Å². The Hall–Kier alpha value is -0.470. The molecule has 0 aromatic heterocycles. The lowest BCUT2D eigenvalue weighted by Gasteiger charge is -1.99. The van der Waals surface area contributed by atoms with Gasteiger partial charge in [0.15, 0.2) is 8.46 Å². The molecule has 0 aromatic rings. The lowest BCUT2D eigenvalue weighted by molar-refractivity contribution is -0.136. The van der Waals surface area contributed by atoms with Crippen molar-refractivity contribution < 1.29 is 19.6 Å². The maximum atomic E-state index is 10.1. The minimum atomic E-state index is -1.08. The second-order valence-electron chi connectivity index (χ2n) is 1.83. The average molecular weight is 164 g/mol. The van der Waals surface area contributed by atoms with Gasteiger partial charge in [0, 0.05) is 6.61 Å². The molecule has 0 aliphatic heterocycles. The van der Waals surface area contributed by atoms with E-state index in [1.807, 2.05) is 0 Å². The number of carboxylic acids is 1. The summed E-state index contributed by atoms with van der Waals surface area (Å²) in [5.41, 5.74) is -0.854. The van der Waals surface area contributed by atoms with Gasteiger partial charge in [0.25, 0.3) is 0 Å². The fourth-order valence-corrected chi connectivity index (χ4v) is 0.884. The molecule has 1 atom stereocenters. The highest BCUT2D eigenvalue weighted by atomic mass is 31.1. The maximum absolute atomic E-state index is 10.1. The molecule has 0 aromatic carbocycles. The van der Waals surface area contributed by atoms with Crippen molar-refractivity contribution in [3.05, 3.63) is 0 Å². The summed E-state index contributed by atoms with van der Waals surface area (Å²) in [5, 5.41) is 16.6. The van der Waals surface area contributed by atoms with Gasteiger partial charge in [0.2, 0.25) is 0 Å². The Kier molecular flexibility index (Phi) is 5.08. The summed E-state index contributed by atoms with van der Waals surface area (Å²) in [4.78, 5) is 10.1. The predicted octanol–water partition coefficient (Wildman–Crippen LogP) is 0.504. The molecule has 2 N–H and O–H groups in total. The van der Waals surface area contributed by atoms with Gasteiger partial charge >= 0.3 is 5.97 Å². The van der Waals surface area contributed by atoms with E-state index < -0.39 is 11.6 Å². The number of aliphatic carboxylic acids is 1. The number of carbonyl (C=O) groups is 1. The lowest BCUT2D eigenvalue weighted by Crippen LogP contribution is -2.13. The normalized spacial score (nSPS) is 13.3. The standard InChI is InChI=1S/C5H9O4P/c6-3-1-2-4(10-9)5(7)8/h4,6H,1-3H2,(H,7,8). The Balaban J connectivity index is 3.60. The number of aliphatic hydroxyl groups excluding tert-OH is 1. The summed E-state index contributed by atoms with van der Waals surface area (Å²) >= 11 is 0. The molecule has 0 rings (SSSR count). The lowest BCUT2D eigenvalue weighted by atomic mass is 10.2. The molecular formula is C5H9O4P. The van der Waals surface area contributed by atoms with Crippen molar-refractivity contribution in [2.24, 2.45) is 0 Å². The zero-order valence-corrected chi connectivity index (χ0v) is 6.25. The summed E-state index contributed by atoms with van der Waals surface area (Å²) in [5.74, 6) is -1.08. The number of aliphatic hydroxyl groups is 1. The Bertz CT molecular complexity index is 125. The summed E-state index contributed by atoms with van der Waals surface area (Å²) in [6.45, 7) is -0.0562. The van der Waals surface area contributed by atoms with Gasteiger partial charge in [-0.3, -0.25) is 9.36 Å². The van der Waals surface area contributed by atoms with Crippen LogP contribution in [0.2, 0.25) is 0 Å². The summed E-state index contributed by atoms with van der Waals surface area (Å²) < 4.78 is 10.1. The minimum Gasteiger partial charge on any atom is -0.480 e. The van der Waals surface area contributed by atoms with Crippen LogP contribution >= 0.6 is 8.46 Å². The SMILES string of the molecule is O=PC(CCCO)C(=O)O. The summed E-state index contributed by atoms with van der Waals surface area (Å²) in [6, 6.07) is 0. The molecule has 0 heterocycles. The number of hydrogen-bond acceptors (Lipinski definition) is 3. The fourth-order valence-electron chi connectivity index (χ4n) is 0.506. The van der Waals surface area contributed by atoms with E-state index in [9.17, 15) is 9.36 Å². The van der Waals surface area contributed by atoms with E-state index >= 15 is 0 Å². The molecule has 0 aliphatic rings. The largest absolute Gasteiger partial charge is 0.480 e. The molecule has 0 aliphatic carbocycles. The molecule has 1 unspecified atom stereocenters. The molecule has 4 nitrogen and oxygen atoms in total. The van der Waals surface area contributed by atoms with Crippen LogP contribution in [0, 0.1) is 0 Å². The van der Waals surface area contributed by atoms with E-state index in [1.54, 1.807) is 0 Å². The first-order valence-electron chi connectivity index (χ1n) is 2.88. The molecule has 0 spiro atoms. The van der Waals surface area contributed by atoms with Crippen molar-refractivity contribution >= 4 is 14.4 Å². The van der Waals surface area contributed by atoms with E-state index in [2.05, 4.69) is 0 Å². The smallest absolute Gasteiger partial charge is 0.318 e. The maximum Gasteiger partial charge on any atom is 0.318 e. The summed E-state index contributed by atoms with van der Waals surface area (Å²) in [7, 11) is -0.382. The third-order valence-electron chi connectivity index (χ3n) is 1.05. The zero-order chi connectivity index (χ0) is 7.98. The topological polar surface area (TPSA) is 74.6 Å². The van der Waals surface area contributed by atoms with Crippen molar-refractivity contribution in [2.75, 3.05) is 6.61 Å². The fraction of sp³-hybridized carbons (Fsp3) is 0.800. The van der Waals surface area contributed by atoms with Gasteiger partial charge in [-0.25, -0.2) is 0 Å². The summed E-state index contributed by atoms with van der Waals surface area (Å²) in [6.07, 6.45) is 0.642. The van der Waals surface area contributed by atoms with E-state index in [1.165, 1.54) is 0 Å². The first-order chi connectivity index (χ1) is 4.72. The molecule has 5 heteroatoms. The van der Waals surface area contributed by atoms with Gasteiger partial charge in [-0.2, -0.15) is 0 Å². The van der Waals surface area contributed by atoms with Gasteiger partial charge in [0.1, 0.15) is 5.66 Å². The average Bonchev–Trinajstić information content (AvgIpc) is 1.89. The molecule has 0 bridgehead atoms. The van der Waals surface area contributed by atoms with Crippen LogP contribution in [0.3, 0.4) is 0 Å². The number of rotatable bonds is 5. The highest BCUT2D eigenvalue weighted by Crippen LogP contribution is 2.12. The third-order valence-corrected chi connectivity index (χ3v) is 1.78. The molecule has 0 amide bonds. The molecular weight excluding hydrogens is 155 g/mol. The van der Waals surface area contributed by atoms with Crippen LogP contribution in [0.15, 0.2) is 0 Å². The van der Waals surface area contributed by atoms with Crippen molar-refractivity contribution in [3.63, 3.8) is 0 Å². The van der Waals surface area contributed by atoms with Gasteiger partial charge in [0.05, 0.1) is 0 Å². The van der Waals surface area contributed by atoms with Gasteiger partial charge < -0.3 is 10.2 Å². The third kappa shape index (κ3) is 3.54. The van der Waals surface area contributed by atoms with E-state index in [4.69, 9.17) is 10.2 Å². The molecule has 0 saturated heterocycles. The predicted molar refractivity (Wildman–Crippen MR) is 35.4 cm³/mol. The van der Waals surface area contributed by atoms with E-state index in [-0.39, 0.29) is 21.5 Å². The molecule has 58 valence electrons. The zero-order valence-electron chi connectivity index (χ0n) is 5.36. The van der Waals surface area contributed by atoms with Crippen molar-refractivity contribution in [2.45, 2.75) is 18.5 Å². The highest BCUT2D eigenvalue weighted by Gasteiger charge is 2.15. The Morgan fingerprint density at radius 1 is 1.60 bits per heavy atom. The Morgan fingerprint density at radius 3 is 2.50 bits per heavy atom. The van der Waals surface area contributed by atoms with Gasteiger partial charge in [-0.05, 0) is 12.8 Å². The Morgan fingerprint density at radius 2 is 2.20 bits per heavy atom. The van der Waals surface area contributed by atoms with E-state index in [0.29, 0.717) is 6.42 Å². The van der Waals surface area contributed by atoms with Crippen molar-refractivity contribution in [1.82, 2.24) is 0 Å². The first-order valence-corrected chi connectivity index (χ1v) is 3.76. The second-order valence-corrected chi connectivity index (χ2v) is 2.66. The van der Waals surface area contributed by atoms with Crippen LogP contribution in [-0.2, 0) is 9.36 Å². The van der Waals surface area contributed by atoms with E-state index in [0.717, 1.165) is 0 Å². The van der Waals surface area contributed by atoms with Gasteiger partial charge in [-0.1, -0.05) is 0 Å². The molecule has 0 fully saturated rings. The van der Waals surface area contributed by atoms with Crippen molar-refractivity contribution in [1.29, 1.82) is 0 Å². The quantitative estimate of drug-likeness (QED) is 0.580. The molecule has 0 radical (unpaired) electrons. The highest BCUT2D eigenvalue weighted by molar-refractivity contribution is 7.26. The number of hydrogen-bond donors (Lipinski definition) is 2. The minimum absolute atomic E-state index is 0.0562. The Labute approximate surface area is 60.1 Å². The van der Waals surface area contributed by atoms with Crippen LogP contribution in [0.5, 0.6) is 0 Å². The van der Waals surface area contributed by atoms with Crippen LogP contribution < -0.4 is 0 Å². The van der Waals surface area contributed by atoms with Crippen LogP contribution in [0.1, 0.15) is 12.8 Å². The monoisotopic (exact) mass is 164 g/mol. The van der Waals surface area contributed by atoms with Crippen LogP contribution in [0.25, 0.3) is 0 Å². The second kappa shape index (κ2) is 5.33. The van der Waals surface area contributed by atoms with Crippen LogP contribution in [-0.4, -0.2) is 28.4 Å². The first kappa shape index (κ1) is 9.53. The van der Waals surface area contributed by atoms with Crippen molar-refractivity contribution in [3.8, 4) is 0 Å². The number of carboxylic acid groups (broad SMARTS) is 1. The molecule has 10 heavy (non-hydrogen) atoms.